The van der Waals surface area contributed by atoms with Crippen LogP contribution in [-0.2, 0) is 0 Å². The van der Waals surface area contributed by atoms with Gasteiger partial charge in [0.25, 0.3) is 5.91 Å². The van der Waals surface area contributed by atoms with E-state index in [9.17, 15) is 9.18 Å². The van der Waals surface area contributed by atoms with Gasteiger partial charge >= 0.3 is 0 Å². The second-order valence-corrected chi connectivity index (χ2v) is 5.32. The maximum Gasteiger partial charge on any atom is 0.257 e. The molecule has 24 heavy (non-hydrogen) atoms. The van der Waals surface area contributed by atoms with Crippen LogP contribution in [0, 0.1) is 5.82 Å². The number of hydrogen-bond donors (Lipinski definition) is 3. The van der Waals surface area contributed by atoms with Crippen molar-refractivity contribution in [1.82, 2.24) is 4.98 Å². The molecule has 1 aliphatic heterocycles. The number of ether oxygens (including phenoxy) is 1. The zero-order valence-electron chi connectivity index (χ0n) is 12.2. The van der Waals surface area contributed by atoms with E-state index in [0.29, 0.717) is 39.9 Å². The maximum absolute atomic E-state index is 14.4. The molecule has 0 atom stereocenters. The molecular weight excluding hydrogens is 309 g/mol. The van der Waals surface area contributed by atoms with E-state index in [4.69, 9.17) is 10.5 Å². The molecule has 4 N–H and O–H groups in total. The molecule has 3 aromatic rings. The predicted molar refractivity (Wildman–Crippen MR) is 92.9 cm³/mol. The summed E-state index contributed by atoms with van der Waals surface area (Å²) in [6, 6.07) is 8.28. The highest BCUT2D eigenvalue weighted by Gasteiger charge is 2.29. The summed E-state index contributed by atoms with van der Waals surface area (Å²) in [5.74, 6) is -0.285. The number of nitrogens with one attached hydrogen (secondary N) is 2. The maximum atomic E-state index is 14.4. The number of amides is 1. The molecule has 5 nitrogen and oxygen atoms in total. The van der Waals surface area contributed by atoms with Crippen molar-refractivity contribution in [2.45, 2.75) is 7.43 Å². The van der Waals surface area contributed by atoms with Crippen molar-refractivity contribution in [3.63, 3.8) is 0 Å². The average molecular weight is 327 g/mol. The molecule has 6 heteroatoms. The summed E-state index contributed by atoms with van der Waals surface area (Å²) in [7, 11) is 0. The van der Waals surface area contributed by atoms with Gasteiger partial charge in [0.1, 0.15) is 18.2 Å². The van der Waals surface area contributed by atoms with Gasteiger partial charge in [-0.15, -0.1) is 0 Å². The van der Waals surface area contributed by atoms with Crippen LogP contribution in [-0.4, -0.2) is 24.0 Å². The largest absolute Gasteiger partial charge is 0.491 e. The number of benzene rings is 2. The quantitative estimate of drug-likeness (QED) is 0.686. The van der Waals surface area contributed by atoms with Gasteiger partial charge in [0.15, 0.2) is 0 Å². The van der Waals surface area contributed by atoms with Crippen LogP contribution in [0.5, 0.6) is 5.75 Å². The number of hydrogen-bond acceptors (Lipinski definition) is 3. The van der Waals surface area contributed by atoms with Crippen LogP contribution in [0.25, 0.3) is 22.0 Å². The fourth-order valence-electron chi connectivity index (χ4n) is 3.01. The third-order valence-corrected chi connectivity index (χ3v) is 3.93. The Bertz CT molecular complexity index is 920. The van der Waals surface area contributed by atoms with Crippen LogP contribution in [0.2, 0.25) is 0 Å². The zero-order chi connectivity index (χ0) is 16.0. The minimum atomic E-state index is -0.424. The Kier molecular flexibility index (Phi) is 3.99. The van der Waals surface area contributed by atoms with E-state index in [0.717, 1.165) is 5.69 Å². The molecule has 0 spiro atoms. The van der Waals surface area contributed by atoms with Gasteiger partial charge in [0.2, 0.25) is 0 Å². The van der Waals surface area contributed by atoms with E-state index < -0.39 is 5.82 Å². The van der Waals surface area contributed by atoms with Gasteiger partial charge in [-0.05, 0) is 30.3 Å². The van der Waals surface area contributed by atoms with E-state index >= 15 is 0 Å². The third kappa shape index (κ3) is 2.23. The third-order valence-electron chi connectivity index (χ3n) is 3.93. The Labute approximate surface area is 138 Å². The summed E-state index contributed by atoms with van der Waals surface area (Å²) in [6.45, 7) is 0.587. The summed E-state index contributed by atoms with van der Waals surface area (Å²) in [4.78, 5) is 15.5. The number of nitrogens with two attached hydrogens (primary N) is 1. The van der Waals surface area contributed by atoms with Gasteiger partial charge in [-0.25, -0.2) is 4.39 Å². The van der Waals surface area contributed by atoms with Crippen LogP contribution < -0.4 is 15.8 Å². The zero-order valence-corrected chi connectivity index (χ0v) is 12.2. The first-order valence-corrected chi connectivity index (χ1v) is 7.28. The Balaban J connectivity index is 0.00000169. The van der Waals surface area contributed by atoms with Crippen molar-refractivity contribution in [2.75, 3.05) is 18.5 Å². The normalized spacial score (nSPS) is 12.2. The van der Waals surface area contributed by atoms with Crippen molar-refractivity contribution in [1.29, 1.82) is 0 Å². The standard InChI is InChI=1S/C17H14FN3O2.CH4/c18-10-3-4-12-16-14(17(22)21-12)9(11-2-1-6-20-11)8-13(15(10)16)23-7-5-19;/h1-4,6,8,20H,5,7,19H2,(H,21,22);1H4. The summed E-state index contributed by atoms with van der Waals surface area (Å²) >= 11 is 0. The first kappa shape index (κ1) is 16.0. The number of H-pyrrole nitrogens is 1. The molecule has 0 unspecified atom stereocenters. The SMILES string of the molecule is C.NCCOc1cc(-c2ccc[nH]2)c2c3c(ccc(F)c13)NC2=O. The summed E-state index contributed by atoms with van der Waals surface area (Å²) < 4.78 is 20.0. The molecular formula is C18H18FN3O2. The van der Waals surface area contributed by atoms with E-state index in [1.54, 1.807) is 18.3 Å². The number of aromatic amines is 1. The fourth-order valence-corrected chi connectivity index (χ4v) is 3.01. The van der Waals surface area contributed by atoms with Crippen LogP contribution in [0.1, 0.15) is 17.8 Å². The highest BCUT2D eigenvalue weighted by Crippen LogP contribution is 2.44. The lowest BCUT2D eigenvalue weighted by atomic mass is 9.96. The monoisotopic (exact) mass is 327 g/mol. The second-order valence-electron chi connectivity index (χ2n) is 5.32. The molecule has 0 fully saturated rings. The van der Waals surface area contributed by atoms with Crippen molar-refractivity contribution >= 4 is 22.4 Å². The minimum Gasteiger partial charge on any atom is -0.491 e. The van der Waals surface area contributed by atoms with Crippen LogP contribution >= 0.6 is 0 Å². The van der Waals surface area contributed by atoms with Crippen molar-refractivity contribution in [2.24, 2.45) is 5.73 Å². The molecule has 0 radical (unpaired) electrons. The van der Waals surface area contributed by atoms with Gasteiger partial charge < -0.3 is 20.8 Å². The van der Waals surface area contributed by atoms with Crippen LogP contribution in [0.4, 0.5) is 10.1 Å². The number of aromatic nitrogens is 1. The molecule has 0 saturated carbocycles. The average Bonchev–Trinajstić information content (AvgIpc) is 3.18. The highest BCUT2D eigenvalue weighted by molar-refractivity contribution is 6.27. The van der Waals surface area contributed by atoms with Crippen molar-refractivity contribution < 1.29 is 13.9 Å². The Morgan fingerprint density at radius 2 is 2.04 bits per heavy atom. The van der Waals surface area contributed by atoms with Gasteiger partial charge in [0, 0.05) is 29.4 Å². The van der Waals surface area contributed by atoms with E-state index in [1.165, 1.54) is 6.07 Å². The van der Waals surface area contributed by atoms with E-state index in [2.05, 4.69) is 10.3 Å². The molecule has 2 aromatic carbocycles. The Morgan fingerprint density at radius 3 is 2.75 bits per heavy atom. The van der Waals surface area contributed by atoms with Gasteiger partial charge in [-0.3, -0.25) is 4.79 Å². The molecule has 124 valence electrons. The summed E-state index contributed by atoms with van der Waals surface area (Å²) in [6.07, 6.45) is 1.77. The number of carbonyl (C=O) groups is 1. The smallest absolute Gasteiger partial charge is 0.257 e. The molecule has 0 saturated heterocycles. The van der Waals surface area contributed by atoms with Crippen molar-refractivity contribution in [3.8, 4) is 17.0 Å². The lowest BCUT2D eigenvalue weighted by Crippen LogP contribution is -2.11. The van der Waals surface area contributed by atoms with Crippen LogP contribution in [0.3, 0.4) is 0 Å². The van der Waals surface area contributed by atoms with Gasteiger partial charge in [-0.2, -0.15) is 0 Å². The van der Waals surface area contributed by atoms with Gasteiger partial charge in [-0.1, -0.05) is 7.43 Å². The molecule has 4 rings (SSSR count). The molecule has 2 heterocycles. The highest BCUT2D eigenvalue weighted by atomic mass is 19.1. The number of rotatable bonds is 4. The first-order valence-electron chi connectivity index (χ1n) is 7.28. The predicted octanol–water partition coefficient (Wildman–Crippen LogP) is 3.51. The first-order chi connectivity index (χ1) is 11.2. The lowest BCUT2D eigenvalue weighted by molar-refractivity contribution is 0.103. The summed E-state index contributed by atoms with van der Waals surface area (Å²) in [5, 5.41) is 3.64. The summed E-state index contributed by atoms with van der Waals surface area (Å²) in [5.41, 5.74) is 7.99. The Hall–Kier alpha value is -2.86. The second kappa shape index (κ2) is 5.98. The molecule has 0 bridgehead atoms. The Morgan fingerprint density at radius 1 is 1.21 bits per heavy atom. The molecule has 1 aromatic heterocycles. The number of anilines is 1. The van der Waals surface area contributed by atoms with Gasteiger partial charge in [0.05, 0.1) is 16.6 Å². The minimum absolute atomic E-state index is 0. The number of halogens is 1. The van der Waals surface area contributed by atoms with Crippen LogP contribution in [0.15, 0.2) is 36.5 Å². The fraction of sp³-hybridized carbons (Fsp3) is 0.167. The van der Waals surface area contributed by atoms with Crippen molar-refractivity contribution in [3.05, 3.63) is 47.9 Å². The topological polar surface area (TPSA) is 80.1 Å². The molecule has 0 aliphatic carbocycles. The van der Waals surface area contributed by atoms with E-state index in [1.807, 2.05) is 12.1 Å². The molecule has 1 aliphatic rings. The molecule has 1 amide bonds. The van der Waals surface area contributed by atoms with E-state index in [-0.39, 0.29) is 19.9 Å². The lowest BCUT2D eigenvalue weighted by Gasteiger charge is -2.13. The number of carbonyl (C=O) groups excluding carboxylic acids is 1.